The summed E-state index contributed by atoms with van der Waals surface area (Å²) in [6.07, 6.45) is 5.30. The Morgan fingerprint density at radius 3 is 2.64 bits per heavy atom. The number of hydrogen-bond acceptors (Lipinski definition) is 4. The number of aromatic nitrogens is 1. The van der Waals surface area contributed by atoms with Crippen LogP contribution in [0.1, 0.15) is 45.2 Å². The van der Waals surface area contributed by atoms with E-state index >= 15 is 0 Å². The van der Waals surface area contributed by atoms with E-state index in [1.54, 1.807) is 11.3 Å². The van der Waals surface area contributed by atoms with Crippen molar-refractivity contribution in [3.8, 4) is 0 Å². The van der Waals surface area contributed by atoms with Crippen molar-refractivity contribution >= 4 is 22.4 Å². The predicted molar refractivity (Wildman–Crippen MR) is 95.8 cm³/mol. The lowest BCUT2D eigenvalue weighted by Crippen LogP contribution is -2.46. The number of nitrogens with zero attached hydrogens (tertiary/aromatic N) is 3. The Labute approximate surface area is 138 Å². The molecule has 1 fully saturated rings. The van der Waals surface area contributed by atoms with Gasteiger partial charge in [0.2, 0.25) is 0 Å². The fourth-order valence-corrected chi connectivity index (χ4v) is 3.43. The van der Waals surface area contributed by atoms with Gasteiger partial charge in [-0.05, 0) is 31.6 Å². The van der Waals surface area contributed by atoms with Crippen LogP contribution in [0.5, 0.6) is 0 Å². The second-order valence-corrected chi connectivity index (χ2v) is 7.11. The number of hydrogen-bond donors (Lipinski definition) is 2. The van der Waals surface area contributed by atoms with E-state index < -0.39 is 0 Å². The van der Waals surface area contributed by atoms with Gasteiger partial charge in [0.05, 0.1) is 12.2 Å². The van der Waals surface area contributed by atoms with Crippen LogP contribution < -0.4 is 15.5 Å². The summed E-state index contributed by atoms with van der Waals surface area (Å²) in [5.41, 5.74) is 1.52. The maximum Gasteiger partial charge on any atom is 0.191 e. The summed E-state index contributed by atoms with van der Waals surface area (Å²) in [6, 6.07) is 0. The van der Waals surface area contributed by atoms with Crippen LogP contribution in [0, 0.1) is 5.41 Å². The van der Waals surface area contributed by atoms with Crippen LogP contribution in [-0.4, -0.2) is 38.1 Å². The summed E-state index contributed by atoms with van der Waals surface area (Å²) in [5.74, 6) is 0.904. The molecule has 0 atom stereocenters. The molecule has 0 unspecified atom stereocenters. The molecule has 0 bridgehead atoms. The Balaban J connectivity index is 1.91. The van der Waals surface area contributed by atoms with Gasteiger partial charge < -0.3 is 15.5 Å². The Morgan fingerprint density at radius 2 is 2.14 bits per heavy atom. The summed E-state index contributed by atoms with van der Waals surface area (Å²) in [6.45, 7) is 6.92. The van der Waals surface area contributed by atoms with Crippen LogP contribution in [0.3, 0.4) is 0 Å². The summed E-state index contributed by atoms with van der Waals surface area (Å²) < 4.78 is 0. The minimum absolute atomic E-state index is 0.495. The summed E-state index contributed by atoms with van der Waals surface area (Å²) in [5, 5.41) is 9.96. The molecular weight excluding hydrogens is 294 g/mol. The first-order valence-electron chi connectivity index (χ1n) is 8.22. The molecule has 124 valence electrons. The number of nitrogens with one attached hydrogen (secondary N) is 2. The van der Waals surface area contributed by atoms with Gasteiger partial charge >= 0.3 is 0 Å². The highest BCUT2D eigenvalue weighted by Gasteiger charge is 2.34. The lowest BCUT2D eigenvalue weighted by molar-refractivity contribution is 0.131. The van der Waals surface area contributed by atoms with Crippen LogP contribution in [0.25, 0.3) is 0 Å². The van der Waals surface area contributed by atoms with Crippen LogP contribution in [0.2, 0.25) is 0 Å². The number of thiazole rings is 1. The SMILES string of the molecule is CCNC(=NCc1csc(N(C)C)n1)NCC1(CC)CCC1. The van der Waals surface area contributed by atoms with Crippen molar-refractivity contribution in [1.82, 2.24) is 15.6 Å². The molecule has 0 aliphatic heterocycles. The molecule has 0 amide bonds. The third-order valence-corrected chi connectivity index (χ3v) is 5.52. The van der Waals surface area contributed by atoms with Crippen molar-refractivity contribution in [1.29, 1.82) is 0 Å². The van der Waals surface area contributed by atoms with E-state index in [9.17, 15) is 0 Å². The zero-order valence-electron chi connectivity index (χ0n) is 14.3. The van der Waals surface area contributed by atoms with E-state index in [4.69, 9.17) is 0 Å². The number of aliphatic imine (C=N–C) groups is 1. The maximum absolute atomic E-state index is 4.67. The average Bonchev–Trinajstić information content (AvgIpc) is 2.93. The zero-order chi connectivity index (χ0) is 16.0. The summed E-state index contributed by atoms with van der Waals surface area (Å²) in [4.78, 5) is 11.3. The molecule has 6 heteroatoms. The lowest BCUT2D eigenvalue weighted by Gasteiger charge is -2.41. The van der Waals surface area contributed by atoms with E-state index in [1.165, 1.54) is 25.7 Å². The Kier molecular flexibility index (Phi) is 6.06. The largest absolute Gasteiger partial charge is 0.357 e. The second-order valence-electron chi connectivity index (χ2n) is 6.27. The number of anilines is 1. The van der Waals surface area contributed by atoms with Crippen molar-refractivity contribution in [2.75, 3.05) is 32.1 Å². The fourth-order valence-electron chi connectivity index (χ4n) is 2.68. The van der Waals surface area contributed by atoms with Crippen LogP contribution in [0.4, 0.5) is 5.13 Å². The first-order chi connectivity index (χ1) is 10.6. The van der Waals surface area contributed by atoms with Crippen LogP contribution in [-0.2, 0) is 6.54 Å². The quantitative estimate of drug-likeness (QED) is 0.598. The number of rotatable bonds is 7. The van der Waals surface area contributed by atoms with Gasteiger partial charge in [-0.25, -0.2) is 9.98 Å². The highest BCUT2D eigenvalue weighted by atomic mass is 32.1. The summed E-state index contributed by atoms with van der Waals surface area (Å²) in [7, 11) is 4.03. The van der Waals surface area contributed by atoms with Crippen molar-refractivity contribution in [2.24, 2.45) is 10.4 Å². The minimum Gasteiger partial charge on any atom is -0.357 e. The first kappa shape index (κ1) is 17.1. The molecule has 1 aromatic heterocycles. The first-order valence-corrected chi connectivity index (χ1v) is 9.10. The molecule has 5 nitrogen and oxygen atoms in total. The molecule has 1 saturated carbocycles. The normalized spacial score (nSPS) is 17.0. The van der Waals surface area contributed by atoms with E-state index in [2.05, 4.69) is 39.8 Å². The van der Waals surface area contributed by atoms with E-state index in [0.717, 1.165) is 29.9 Å². The smallest absolute Gasteiger partial charge is 0.191 e. The topological polar surface area (TPSA) is 52.6 Å². The van der Waals surface area contributed by atoms with Gasteiger partial charge in [0, 0.05) is 32.6 Å². The molecule has 0 spiro atoms. The Bertz CT molecular complexity index is 485. The molecule has 0 aromatic carbocycles. The molecule has 2 N–H and O–H groups in total. The molecule has 0 radical (unpaired) electrons. The molecule has 1 aliphatic carbocycles. The highest BCUT2D eigenvalue weighted by molar-refractivity contribution is 7.13. The fraction of sp³-hybridized carbons (Fsp3) is 0.750. The second kappa shape index (κ2) is 7.81. The average molecular weight is 324 g/mol. The summed E-state index contributed by atoms with van der Waals surface area (Å²) >= 11 is 1.66. The molecule has 1 heterocycles. The lowest BCUT2D eigenvalue weighted by atomic mass is 9.67. The van der Waals surface area contributed by atoms with Crippen LogP contribution in [0.15, 0.2) is 10.4 Å². The van der Waals surface area contributed by atoms with Gasteiger partial charge in [-0.2, -0.15) is 0 Å². The van der Waals surface area contributed by atoms with Gasteiger partial charge in [0.25, 0.3) is 0 Å². The Morgan fingerprint density at radius 1 is 1.36 bits per heavy atom. The van der Waals surface area contributed by atoms with Gasteiger partial charge in [-0.15, -0.1) is 11.3 Å². The van der Waals surface area contributed by atoms with Crippen LogP contribution >= 0.6 is 11.3 Å². The molecular formula is C16H29N5S. The van der Waals surface area contributed by atoms with Gasteiger partial charge in [0.1, 0.15) is 0 Å². The van der Waals surface area contributed by atoms with Crippen molar-refractivity contribution in [3.63, 3.8) is 0 Å². The number of guanidine groups is 1. The molecule has 1 aliphatic rings. The van der Waals surface area contributed by atoms with Crippen molar-refractivity contribution in [2.45, 2.75) is 46.1 Å². The molecule has 0 saturated heterocycles. The Hall–Kier alpha value is -1.30. The third-order valence-electron chi connectivity index (χ3n) is 4.46. The predicted octanol–water partition coefficient (Wildman–Crippen LogP) is 2.84. The van der Waals surface area contributed by atoms with E-state index in [0.29, 0.717) is 12.0 Å². The third kappa shape index (κ3) is 4.35. The van der Waals surface area contributed by atoms with Crippen molar-refractivity contribution in [3.05, 3.63) is 11.1 Å². The van der Waals surface area contributed by atoms with Crippen molar-refractivity contribution < 1.29 is 0 Å². The minimum atomic E-state index is 0.495. The molecule has 1 aromatic rings. The van der Waals surface area contributed by atoms with Gasteiger partial charge in [-0.1, -0.05) is 13.3 Å². The van der Waals surface area contributed by atoms with E-state index in [1.807, 2.05) is 19.0 Å². The zero-order valence-corrected chi connectivity index (χ0v) is 15.1. The maximum atomic E-state index is 4.67. The molecule has 22 heavy (non-hydrogen) atoms. The van der Waals surface area contributed by atoms with Gasteiger partial charge in [-0.3, -0.25) is 0 Å². The standard InChI is InChI=1S/C16H29N5S/c1-5-16(8-7-9-16)12-19-14(17-6-2)18-10-13-11-22-15(20-13)21(3)4/h11H,5-10,12H2,1-4H3,(H2,17,18,19). The molecule has 2 rings (SSSR count). The monoisotopic (exact) mass is 323 g/mol. The highest BCUT2D eigenvalue weighted by Crippen LogP contribution is 2.42. The van der Waals surface area contributed by atoms with E-state index in [-0.39, 0.29) is 0 Å². The van der Waals surface area contributed by atoms with Gasteiger partial charge in [0.15, 0.2) is 11.1 Å².